The summed E-state index contributed by atoms with van der Waals surface area (Å²) in [5, 5.41) is 1.14. The molecule has 0 saturated heterocycles. The number of para-hydroxylation sites is 2. The average molecular weight is 237 g/mol. The van der Waals surface area contributed by atoms with Gasteiger partial charge in [-0.15, -0.1) is 0 Å². The number of rotatable bonds is 2. The van der Waals surface area contributed by atoms with Gasteiger partial charge in [0.1, 0.15) is 6.10 Å². The smallest absolute Gasteiger partial charge is 0.290 e. The topological polar surface area (TPSA) is 48.0 Å². The monoisotopic (exact) mass is 237 g/mol. The molecule has 0 unspecified atom stereocenters. The molecular weight excluding hydrogens is 222 g/mol. The van der Waals surface area contributed by atoms with E-state index < -0.39 is 6.10 Å². The molecule has 0 bridgehead atoms. The van der Waals surface area contributed by atoms with Crippen molar-refractivity contribution in [1.29, 1.82) is 0 Å². The van der Waals surface area contributed by atoms with Crippen LogP contribution in [0, 0.1) is 0 Å². The summed E-state index contributed by atoms with van der Waals surface area (Å²) in [5.74, 6) is 0.965. The highest BCUT2D eigenvalue weighted by atomic mass is 16.7. The standard InChI is InChI=1S/C12H15NO4/c1-8-11(12(14)13(2)15-3)17-10-7-5-4-6-9(10)16-8/h4-8,11H,1-3H3/t8-,11+/m1/s1. The van der Waals surface area contributed by atoms with Gasteiger partial charge in [-0.05, 0) is 19.1 Å². The molecule has 0 N–H and O–H groups in total. The van der Waals surface area contributed by atoms with Crippen molar-refractivity contribution in [1.82, 2.24) is 5.06 Å². The third-order valence-electron chi connectivity index (χ3n) is 2.67. The Kier molecular flexibility index (Phi) is 3.19. The predicted molar refractivity (Wildman–Crippen MR) is 60.7 cm³/mol. The fourth-order valence-corrected chi connectivity index (χ4v) is 1.66. The van der Waals surface area contributed by atoms with Gasteiger partial charge < -0.3 is 9.47 Å². The third kappa shape index (κ3) is 2.19. The fraction of sp³-hybridized carbons (Fsp3) is 0.417. The van der Waals surface area contributed by atoms with Crippen LogP contribution in [0.25, 0.3) is 0 Å². The van der Waals surface area contributed by atoms with Crippen molar-refractivity contribution in [2.45, 2.75) is 19.1 Å². The van der Waals surface area contributed by atoms with E-state index in [4.69, 9.17) is 14.3 Å². The Bertz CT molecular complexity index is 421. The number of hydroxylamine groups is 2. The molecule has 5 nitrogen and oxygen atoms in total. The molecule has 1 aromatic rings. The van der Waals surface area contributed by atoms with E-state index in [2.05, 4.69) is 0 Å². The Balaban J connectivity index is 2.20. The van der Waals surface area contributed by atoms with Gasteiger partial charge in [-0.3, -0.25) is 9.63 Å². The molecule has 17 heavy (non-hydrogen) atoms. The molecule has 0 spiro atoms. The van der Waals surface area contributed by atoms with Crippen molar-refractivity contribution in [3.63, 3.8) is 0 Å². The maximum Gasteiger partial charge on any atom is 0.290 e. The summed E-state index contributed by atoms with van der Waals surface area (Å²) in [6, 6.07) is 7.28. The highest BCUT2D eigenvalue weighted by molar-refractivity contribution is 5.81. The maximum absolute atomic E-state index is 11.9. The zero-order valence-electron chi connectivity index (χ0n) is 10.0. The summed E-state index contributed by atoms with van der Waals surface area (Å²) >= 11 is 0. The maximum atomic E-state index is 11.9. The Morgan fingerprint density at radius 3 is 2.47 bits per heavy atom. The highest BCUT2D eigenvalue weighted by Gasteiger charge is 2.36. The molecule has 1 aromatic carbocycles. The summed E-state index contributed by atoms with van der Waals surface area (Å²) in [7, 11) is 2.97. The molecule has 0 aromatic heterocycles. The van der Waals surface area contributed by atoms with Crippen molar-refractivity contribution in [2.24, 2.45) is 0 Å². The molecule has 1 aliphatic rings. The molecule has 0 fully saturated rings. The normalized spacial score (nSPS) is 22.1. The lowest BCUT2D eigenvalue weighted by Crippen LogP contribution is -2.49. The summed E-state index contributed by atoms with van der Waals surface area (Å²) in [4.78, 5) is 16.8. The van der Waals surface area contributed by atoms with E-state index in [1.54, 1.807) is 20.0 Å². The molecule has 2 atom stereocenters. The highest BCUT2D eigenvalue weighted by Crippen LogP contribution is 2.33. The molecule has 0 saturated carbocycles. The third-order valence-corrected chi connectivity index (χ3v) is 2.67. The number of likely N-dealkylation sites (N-methyl/N-ethyl adjacent to an activating group) is 1. The number of carbonyl (C=O) groups excluding carboxylic acids is 1. The van der Waals surface area contributed by atoms with Crippen LogP contribution in [-0.4, -0.2) is 37.3 Å². The van der Waals surface area contributed by atoms with Crippen molar-refractivity contribution in [2.75, 3.05) is 14.2 Å². The molecule has 1 amide bonds. The van der Waals surface area contributed by atoms with E-state index in [-0.39, 0.29) is 12.0 Å². The van der Waals surface area contributed by atoms with Gasteiger partial charge in [0.15, 0.2) is 11.5 Å². The molecular formula is C12H15NO4. The summed E-state index contributed by atoms with van der Waals surface area (Å²) in [6.45, 7) is 1.79. The number of carbonyl (C=O) groups is 1. The first-order valence-electron chi connectivity index (χ1n) is 5.37. The average Bonchev–Trinajstić information content (AvgIpc) is 2.36. The quantitative estimate of drug-likeness (QED) is 0.726. The van der Waals surface area contributed by atoms with E-state index in [1.807, 2.05) is 18.2 Å². The van der Waals surface area contributed by atoms with Crippen molar-refractivity contribution >= 4 is 5.91 Å². The van der Waals surface area contributed by atoms with Gasteiger partial charge in [0.05, 0.1) is 7.11 Å². The first kappa shape index (κ1) is 11.7. The van der Waals surface area contributed by atoms with Gasteiger partial charge >= 0.3 is 0 Å². The molecule has 5 heteroatoms. The summed E-state index contributed by atoms with van der Waals surface area (Å²) in [6.07, 6.45) is -1.04. The molecule has 0 aliphatic carbocycles. The zero-order chi connectivity index (χ0) is 12.4. The Labute approximate surface area is 99.8 Å². The molecule has 1 heterocycles. The number of hydrogen-bond donors (Lipinski definition) is 0. The van der Waals surface area contributed by atoms with E-state index in [1.165, 1.54) is 7.11 Å². The van der Waals surface area contributed by atoms with Crippen molar-refractivity contribution in [3.05, 3.63) is 24.3 Å². The van der Waals surface area contributed by atoms with Gasteiger partial charge in [-0.25, -0.2) is 5.06 Å². The lowest BCUT2D eigenvalue weighted by atomic mass is 10.1. The predicted octanol–water partition coefficient (Wildman–Crippen LogP) is 1.23. The second kappa shape index (κ2) is 4.63. The van der Waals surface area contributed by atoms with Crippen LogP contribution in [-0.2, 0) is 9.63 Å². The number of fused-ring (bicyclic) bond motifs is 1. The van der Waals surface area contributed by atoms with Crippen LogP contribution < -0.4 is 9.47 Å². The minimum Gasteiger partial charge on any atom is -0.482 e. The Morgan fingerprint density at radius 2 is 1.88 bits per heavy atom. The number of benzene rings is 1. The summed E-state index contributed by atoms with van der Waals surface area (Å²) < 4.78 is 11.3. The molecule has 0 radical (unpaired) electrons. The number of ether oxygens (including phenoxy) is 2. The molecule has 2 rings (SSSR count). The lowest BCUT2D eigenvalue weighted by Gasteiger charge is -2.32. The minimum atomic E-state index is -0.685. The largest absolute Gasteiger partial charge is 0.482 e. The summed E-state index contributed by atoms with van der Waals surface area (Å²) in [5.41, 5.74) is 0. The van der Waals surface area contributed by atoms with E-state index in [9.17, 15) is 4.79 Å². The minimum absolute atomic E-state index is 0.269. The van der Waals surface area contributed by atoms with Gasteiger partial charge in [0.25, 0.3) is 5.91 Å². The van der Waals surface area contributed by atoms with Gasteiger partial charge in [-0.2, -0.15) is 0 Å². The second-order valence-electron chi connectivity index (χ2n) is 3.83. The Morgan fingerprint density at radius 1 is 1.29 bits per heavy atom. The van der Waals surface area contributed by atoms with Gasteiger partial charge in [-0.1, -0.05) is 12.1 Å². The van der Waals surface area contributed by atoms with E-state index in [0.717, 1.165) is 5.06 Å². The van der Waals surface area contributed by atoms with Crippen LogP contribution in [0.2, 0.25) is 0 Å². The number of nitrogens with zero attached hydrogens (tertiary/aromatic N) is 1. The second-order valence-corrected chi connectivity index (χ2v) is 3.83. The first-order valence-corrected chi connectivity index (χ1v) is 5.37. The number of hydrogen-bond acceptors (Lipinski definition) is 4. The molecule has 1 aliphatic heterocycles. The van der Waals surface area contributed by atoms with E-state index >= 15 is 0 Å². The SMILES string of the molecule is CON(C)C(=O)[C@H]1Oc2ccccc2O[C@@H]1C. The fourth-order valence-electron chi connectivity index (χ4n) is 1.66. The molecule has 92 valence electrons. The van der Waals surface area contributed by atoms with Gasteiger partial charge in [0.2, 0.25) is 6.10 Å². The zero-order valence-corrected chi connectivity index (χ0v) is 10.0. The van der Waals surface area contributed by atoms with Crippen LogP contribution in [0.5, 0.6) is 11.5 Å². The van der Waals surface area contributed by atoms with Crippen molar-refractivity contribution < 1.29 is 19.1 Å². The van der Waals surface area contributed by atoms with Gasteiger partial charge in [0, 0.05) is 7.05 Å². The lowest BCUT2D eigenvalue weighted by molar-refractivity contribution is -0.181. The van der Waals surface area contributed by atoms with E-state index in [0.29, 0.717) is 11.5 Å². The first-order chi connectivity index (χ1) is 8.13. The van der Waals surface area contributed by atoms with Crippen LogP contribution >= 0.6 is 0 Å². The Hall–Kier alpha value is -1.75. The van der Waals surface area contributed by atoms with Crippen LogP contribution in [0.15, 0.2) is 24.3 Å². The van der Waals surface area contributed by atoms with Crippen LogP contribution in [0.4, 0.5) is 0 Å². The van der Waals surface area contributed by atoms with Crippen LogP contribution in [0.1, 0.15) is 6.92 Å². The van der Waals surface area contributed by atoms with Crippen LogP contribution in [0.3, 0.4) is 0 Å². The number of amides is 1. The van der Waals surface area contributed by atoms with Crippen molar-refractivity contribution in [3.8, 4) is 11.5 Å².